The van der Waals surface area contributed by atoms with Crippen LogP contribution in [-0.2, 0) is 16.8 Å². The molecule has 2 aliphatic heterocycles. The number of benzene rings is 1. The number of ether oxygens (including phenoxy) is 2. The number of nitrogens with zero attached hydrogens (tertiary/aromatic N) is 1. The van der Waals surface area contributed by atoms with E-state index in [4.69, 9.17) is 9.47 Å². The summed E-state index contributed by atoms with van der Waals surface area (Å²) in [4.78, 5) is 14.7. The van der Waals surface area contributed by atoms with Crippen molar-refractivity contribution in [3.63, 3.8) is 0 Å². The second-order valence-electron chi connectivity index (χ2n) is 6.03. The zero-order valence-electron chi connectivity index (χ0n) is 13.6. The number of amides is 1. The number of hydrogen-bond donors (Lipinski definition) is 0. The molecule has 0 aromatic heterocycles. The Morgan fingerprint density at radius 1 is 1.32 bits per heavy atom. The van der Waals surface area contributed by atoms with Crippen molar-refractivity contribution in [2.75, 3.05) is 26.5 Å². The first-order valence-corrected chi connectivity index (χ1v) is 8.78. The van der Waals surface area contributed by atoms with Crippen LogP contribution in [0.3, 0.4) is 0 Å². The molecule has 1 amide bonds. The summed E-state index contributed by atoms with van der Waals surface area (Å²) in [6.07, 6.45) is 1.74. The molecule has 4 nitrogen and oxygen atoms in total. The van der Waals surface area contributed by atoms with Crippen LogP contribution in [0.15, 0.2) is 12.1 Å². The van der Waals surface area contributed by atoms with Crippen LogP contribution in [0.4, 0.5) is 0 Å². The maximum absolute atomic E-state index is 12.7. The minimum atomic E-state index is -0.225. The predicted octanol–water partition coefficient (Wildman–Crippen LogP) is 2.83. The molecule has 5 heteroatoms. The fourth-order valence-electron chi connectivity index (χ4n) is 3.78. The third-order valence-electron chi connectivity index (χ3n) is 4.88. The van der Waals surface area contributed by atoms with E-state index in [0.717, 1.165) is 36.6 Å². The van der Waals surface area contributed by atoms with E-state index in [1.807, 2.05) is 0 Å². The SMILES string of the molecule is CCS[C@@H]1C[C@@]2(C)c3cc(OC)c(OC)cc3CCN2C1=O. The number of carbonyl (C=O) groups excluding carboxylic acids is 1. The molecule has 0 N–H and O–H groups in total. The molecule has 0 saturated carbocycles. The lowest BCUT2D eigenvalue weighted by molar-refractivity contribution is -0.131. The molecule has 0 unspecified atom stereocenters. The first-order valence-electron chi connectivity index (χ1n) is 7.73. The molecule has 120 valence electrons. The number of thioether (sulfide) groups is 1. The van der Waals surface area contributed by atoms with Crippen molar-refractivity contribution in [3.05, 3.63) is 23.3 Å². The third kappa shape index (κ3) is 2.18. The van der Waals surface area contributed by atoms with Crippen molar-refractivity contribution >= 4 is 17.7 Å². The lowest BCUT2D eigenvalue weighted by atomic mass is 9.81. The van der Waals surface area contributed by atoms with Crippen molar-refractivity contribution < 1.29 is 14.3 Å². The topological polar surface area (TPSA) is 38.8 Å². The average molecular weight is 321 g/mol. The summed E-state index contributed by atoms with van der Waals surface area (Å²) >= 11 is 1.76. The highest BCUT2D eigenvalue weighted by Crippen LogP contribution is 2.49. The maximum Gasteiger partial charge on any atom is 0.236 e. The second kappa shape index (κ2) is 5.69. The zero-order valence-corrected chi connectivity index (χ0v) is 14.5. The van der Waals surface area contributed by atoms with E-state index in [1.165, 1.54) is 11.1 Å². The molecular formula is C17H23NO3S. The quantitative estimate of drug-likeness (QED) is 0.855. The average Bonchev–Trinajstić information content (AvgIpc) is 2.77. The molecule has 1 saturated heterocycles. The van der Waals surface area contributed by atoms with Crippen molar-refractivity contribution in [2.45, 2.75) is 37.5 Å². The molecule has 0 aliphatic carbocycles. The highest BCUT2D eigenvalue weighted by molar-refractivity contribution is 8.00. The first kappa shape index (κ1) is 15.5. The smallest absolute Gasteiger partial charge is 0.236 e. The van der Waals surface area contributed by atoms with Gasteiger partial charge in [-0.25, -0.2) is 0 Å². The van der Waals surface area contributed by atoms with Gasteiger partial charge >= 0.3 is 0 Å². The summed E-state index contributed by atoms with van der Waals surface area (Å²) in [7, 11) is 3.32. The summed E-state index contributed by atoms with van der Waals surface area (Å²) in [6, 6.07) is 4.13. The Kier molecular flexibility index (Phi) is 4.02. The Hall–Kier alpha value is -1.36. The first-order chi connectivity index (χ1) is 10.5. The second-order valence-corrected chi connectivity index (χ2v) is 7.51. The Morgan fingerprint density at radius 2 is 2.00 bits per heavy atom. The van der Waals surface area contributed by atoms with Crippen LogP contribution in [0.25, 0.3) is 0 Å². The van der Waals surface area contributed by atoms with E-state index >= 15 is 0 Å². The highest BCUT2D eigenvalue weighted by Gasteiger charge is 2.51. The van der Waals surface area contributed by atoms with E-state index in [-0.39, 0.29) is 16.7 Å². The zero-order chi connectivity index (χ0) is 15.9. The third-order valence-corrected chi connectivity index (χ3v) is 5.99. The molecule has 1 aromatic carbocycles. The lowest BCUT2D eigenvalue weighted by Crippen LogP contribution is -2.46. The largest absolute Gasteiger partial charge is 0.493 e. The van der Waals surface area contributed by atoms with Gasteiger partial charge < -0.3 is 14.4 Å². The molecule has 3 rings (SSSR count). The van der Waals surface area contributed by atoms with Crippen LogP contribution in [0.1, 0.15) is 31.4 Å². The molecule has 22 heavy (non-hydrogen) atoms. The van der Waals surface area contributed by atoms with E-state index < -0.39 is 0 Å². The van der Waals surface area contributed by atoms with E-state index in [2.05, 4.69) is 30.9 Å². The number of hydrogen-bond acceptors (Lipinski definition) is 4. The van der Waals surface area contributed by atoms with Gasteiger partial charge in [0.15, 0.2) is 11.5 Å². The normalized spacial score (nSPS) is 26.6. The summed E-state index contributed by atoms with van der Waals surface area (Å²) in [5.41, 5.74) is 2.26. The van der Waals surface area contributed by atoms with Gasteiger partial charge in [-0.3, -0.25) is 4.79 Å². The van der Waals surface area contributed by atoms with Crippen LogP contribution in [0.5, 0.6) is 11.5 Å². The molecule has 0 radical (unpaired) electrons. The van der Waals surface area contributed by atoms with Gasteiger partial charge in [-0.15, -0.1) is 11.8 Å². The number of carbonyl (C=O) groups is 1. The summed E-state index contributed by atoms with van der Waals surface area (Å²) in [5.74, 6) is 2.76. The van der Waals surface area contributed by atoms with Crippen LogP contribution < -0.4 is 9.47 Å². The van der Waals surface area contributed by atoms with Crippen LogP contribution in [0.2, 0.25) is 0 Å². The van der Waals surface area contributed by atoms with Gasteiger partial charge in [0.05, 0.1) is 25.0 Å². The molecule has 0 bridgehead atoms. The van der Waals surface area contributed by atoms with Crippen LogP contribution >= 0.6 is 11.8 Å². The predicted molar refractivity (Wildman–Crippen MR) is 88.9 cm³/mol. The van der Waals surface area contributed by atoms with E-state index in [1.54, 1.807) is 26.0 Å². The van der Waals surface area contributed by atoms with Crippen molar-refractivity contribution in [3.8, 4) is 11.5 Å². The monoisotopic (exact) mass is 321 g/mol. The van der Waals surface area contributed by atoms with Crippen LogP contribution in [0, 0.1) is 0 Å². The Morgan fingerprint density at radius 3 is 2.64 bits per heavy atom. The Labute approximate surface area is 136 Å². The maximum atomic E-state index is 12.7. The summed E-state index contributed by atoms with van der Waals surface area (Å²) < 4.78 is 10.9. The Bertz CT molecular complexity index is 604. The molecule has 2 aliphatic rings. The van der Waals surface area contributed by atoms with Gasteiger partial charge in [0.25, 0.3) is 0 Å². The number of rotatable bonds is 4. The number of fused-ring (bicyclic) bond motifs is 3. The van der Waals surface area contributed by atoms with Crippen molar-refractivity contribution in [2.24, 2.45) is 0 Å². The van der Waals surface area contributed by atoms with E-state index in [9.17, 15) is 4.79 Å². The highest BCUT2D eigenvalue weighted by atomic mass is 32.2. The van der Waals surface area contributed by atoms with Gasteiger partial charge in [0.1, 0.15) is 0 Å². The van der Waals surface area contributed by atoms with Gasteiger partial charge in [-0.2, -0.15) is 0 Å². The molecule has 1 aromatic rings. The van der Waals surface area contributed by atoms with Gasteiger partial charge in [-0.1, -0.05) is 6.92 Å². The Balaban J connectivity index is 2.06. The minimum absolute atomic E-state index is 0.0778. The van der Waals surface area contributed by atoms with E-state index in [0.29, 0.717) is 0 Å². The van der Waals surface area contributed by atoms with Gasteiger partial charge in [0.2, 0.25) is 5.91 Å². The minimum Gasteiger partial charge on any atom is -0.493 e. The van der Waals surface area contributed by atoms with Gasteiger partial charge in [0, 0.05) is 6.54 Å². The van der Waals surface area contributed by atoms with Crippen molar-refractivity contribution in [1.82, 2.24) is 4.90 Å². The summed E-state index contributed by atoms with van der Waals surface area (Å²) in [5, 5.41) is 0.0778. The summed E-state index contributed by atoms with van der Waals surface area (Å²) in [6.45, 7) is 5.09. The molecular weight excluding hydrogens is 298 g/mol. The molecule has 2 atom stereocenters. The molecule has 0 spiro atoms. The number of methoxy groups -OCH3 is 2. The fraction of sp³-hybridized carbons (Fsp3) is 0.588. The van der Waals surface area contributed by atoms with Crippen LogP contribution in [-0.4, -0.2) is 42.6 Å². The van der Waals surface area contributed by atoms with Crippen molar-refractivity contribution in [1.29, 1.82) is 0 Å². The lowest BCUT2D eigenvalue weighted by Gasteiger charge is -2.41. The fourth-order valence-corrected chi connectivity index (χ4v) is 4.90. The standard InChI is InChI=1S/C17H23NO3S/c1-5-22-15-10-17(2)12-9-14(21-4)13(20-3)8-11(12)6-7-18(17)16(15)19/h8-9,15H,5-7,10H2,1-4H3/t15-,17+/m1/s1. The molecule has 1 fully saturated rings. The molecule has 2 heterocycles. The van der Waals surface area contributed by atoms with Gasteiger partial charge in [-0.05, 0) is 48.8 Å².